The number of carbonyl (C=O) groups excluding carboxylic acids is 1. The average Bonchev–Trinajstić information content (AvgIpc) is 2.78. The number of halogens is 1. The summed E-state index contributed by atoms with van der Waals surface area (Å²) in [6.07, 6.45) is 4.08. The van der Waals surface area contributed by atoms with Gasteiger partial charge in [0.25, 0.3) is 0 Å². The third-order valence-electron chi connectivity index (χ3n) is 4.43. The molecule has 0 bridgehead atoms. The molecule has 1 aliphatic carbocycles. The first-order chi connectivity index (χ1) is 9.53. The molecule has 110 valence electrons. The number of hydrogen-bond donors (Lipinski definition) is 1. The molecular formula is C17H24ClNO. The van der Waals surface area contributed by atoms with E-state index in [2.05, 4.69) is 31.3 Å². The van der Waals surface area contributed by atoms with Gasteiger partial charge in [0.05, 0.1) is 0 Å². The molecule has 2 rings (SSSR count). The second-order valence-electron chi connectivity index (χ2n) is 6.48. The summed E-state index contributed by atoms with van der Waals surface area (Å²) in [5, 5.41) is 3.14. The fraction of sp³-hybridized carbons (Fsp3) is 0.588. The summed E-state index contributed by atoms with van der Waals surface area (Å²) >= 11 is 6.02. The normalized spacial score (nSPS) is 22.4. The summed E-state index contributed by atoms with van der Waals surface area (Å²) in [6, 6.07) is 10.2. The van der Waals surface area contributed by atoms with E-state index in [9.17, 15) is 4.79 Å². The molecule has 0 saturated heterocycles. The van der Waals surface area contributed by atoms with Gasteiger partial charge < -0.3 is 5.32 Å². The number of nitrogens with one attached hydrogen (secondary N) is 1. The van der Waals surface area contributed by atoms with Crippen LogP contribution in [0.5, 0.6) is 0 Å². The van der Waals surface area contributed by atoms with Gasteiger partial charge in [-0.25, -0.2) is 0 Å². The first kappa shape index (κ1) is 15.4. The van der Waals surface area contributed by atoms with Gasteiger partial charge in [0.1, 0.15) is 0 Å². The maximum Gasteiger partial charge on any atom is 0.223 e. The highest BCUT2D eigenvalue weighted by Crippen LogP contribution is 2.42. The van der Waals surface area contributed by atoms with Crippen molar-refractivity contribution in [1.29, 1.82) is 0 Å². The summed E-state index contributed by atoms with van der Waals surface area (Å²) in [5.74, 6) is 0.756. The van der Waals surface area contributed by atoms with Crippen molar-refractivity contribution in [3.05, 3.63) is 35.9 Å². The molecular weight excluding hydrogens is 270 g/mol. The van der Waals surface area contributed by atoms with Crippen LogP contribution in [0, 0.1) is 11.3 Å². The summed E-state index contributed by atoms with van der Waals surface area (Å²) in [7, 11) is 0. The van der Waals surface area contributed by atoms with Crippen LogP contribution in [0.25, 0.3) is 0 Å². The van der Waals surface area contributed by atoms with Crippen molar-refractivity contribution in [2.24, 2.45) is 11.3 Å². The predicted octanol–water partition coefficient (Wildman–Crippen LogP) is 3.78. The van der Waals surface area contributed by atoms with E-state index in [0.29, 0.717) is 5.88 Å². The number of benzene rings is 1. The molecule has 1 N–H and O–H groups in total. The molecule has 2 atom stereocenters. The minimum atomic E-state index is 0.0166. The van der Waals surface area contributed by atoms with Gasteiger partial charge in [0.15, 0.2) is 0 Å². The fourth-order valence-electron chi connectivity index (χ4n) is 3.16. The maximum absolute atomic E-state index is 12.5. The first-order valence-corrected chi connectivity index (χ1v) is 7.96. The van der Waals surface area contributed by atoms with Crippen molar-refractivity contribution in [3.63, 3.8) is 0 Å². The molecule has 0 aliphatic heterocycles. The van der Waals surface area contributed by atoms with Gasteiger partial charge in [0, 0.05) is 17.8 Å². The molecule has 0 aromatic heterocycles. The van der Waals surface area contributed by atoms with Crippen LogP contribution in [0.4, 0.5) is 0 Å². The molecule has 3 heteroatoms. The summed E-state index contributed by atoms with van der Waals surface area (Å²) in [6.45, 7) is 4.38. The molecule has 1 fully saturated rings. The van der Waals surface area contributed by atoms with E-state index in [4.69, 9.17) is 11.6 Å². The molecule has 0 radical (unpaired) electrons. The van der Waals surface area contributed by atoms with Gasteiger partial charge in [0.2, 0.25) is 5.91 Å². The third kappa shape index (κ3) is 3.76. The predicted molar refractivity (Wildman–Crippen MR) is 83.9 cm³/mol. The molecule has 2 unspecified atom stereocenters. The van der Waals surface area contributed by atoms with Crippen molar-refractivity contribution >= 4 is 17.5 Å². The van der Waals surface area contributed by atoms with Crippen molar-refractivity contribution in [1.82, 2.24) is 5.32 Å². The molecule has 20 heavy (non-hydrogen) atoms. The molecule has 1 aromatic rings. The standard InChI is InChI=1S/C17H24ClNO/c1-17(2)10-6-9-15(17)16(20)19-14(12-18)11-13-7-4-3-5-8-13/h3-5,7-8,14-15H,6,9-12H2,1-2H3,(H,19,20). The van der Waals surface area contributed by atoms with Crippen molar-refractivity contribution < 1.29 is 4.79 Å². The second kappa shape index (κ2) is 6.62. The monoisotopic (exact) mass is 293 g/mol. The van der Waals surface area contributed by atoms with Gasteiger partial charge in [-0.1, -0.05) is 50.6 Å². The first-order valence-electron chi connectivity index (χ1n) is 7.43. The number of alkyl halides is 1. The van der Waals surface area contributed by atoms with E-state index in [1.807, 2.05) is 18.2 Å². The largest absolute Gasteiger partial charge is 0.352 e. The summed E-state index contributed by atoms with van der Waals surface area (Å²) in [5.41, 5.74) is 1.33. The highest BCUT2D eigenvalue weighted by molar-refractivity contribution is 6.18. The van der Waals surface area contributed by atoms with Crippen LogP contribution in [0.15, 0.2) is 30.3 Å². The van der Waals surface area contributed by atoms with Gasteiger partial charge >= 0.3 is 0 Å². The van der Waals surface area contributed by atoms with Crippen molar-refractivity contribution in [3.8, 4) is 0 Å². The Morgan fingerprint density at radius 1 is 1.40 bits per heavy atom. The Morgan fingerprint density at radius 2 is 2.10 bits per heavy atom. The zero-order chi connectivity index (χ0) is 14.6. The van der Waals surface area contributed by atoms with E-state index < -0.39 is 0 Å². The Kier molecular flexibility index (Phi) is 5.09. The Balaban J connectivity index is 1.95. The Hall–Kier alpha value is -1.02. The van der Waals surface area contributed by atoms with Gasteiger partial charge in [-0.3, -0.25) is 4.79 Å². The molecule has 1 aliphatic rings. The van der Waals surface area contributed by atoms with E-state index >= 15 is 0 Å². The molecule has 2 nitrogen and oxygen atoms in total. The van der Waals surface area contributed by atoms with E-state index in [1.54, 1.807) is 0 Å². The van der Waals surface area contributed by atoms with Crippen LogP contribution in [0.1, 0.15) is 38.7 Å². The van der Waals surface area contributed by atoms with E-state index in [-0.39, 0.29) is 23.3 Å². The lowest BCUT2D eigenvalue weighted by Gasteiger charge is -2.28. The zero-order valence-electron chi connectivity index (χ0n) is 12.4. The molecule has 1 amide bonds. The van der Waals surface area contributed by atoms with Crippen LogP contribution in [0.3, 0.4) is 0 Å². The second-order valence-corrected chi connectivity index (χ2v) is 6.79. The SMILES string of the molecule is CC1(C)CCCC1C(=O)NC(CCl)Cc1ccccc1. The lowest BCUT2D eigenvalue weighted by Crippen LogP contribution is -2.43. The minimum absolute atomic E-state index is 0.0166. The van der Waals surface area contributed by atoms with Crippen molar-refractivity contribution in [2.45, 2.75) is 45.6 Å². The molecule has 0 heterocycles. The Labute approximate surface area is 126 Å². The number of hydrogen-bond acceptors (Lipinski definition) is 1. The van der Waals surface area contributed by atoms with Gasteiger partial charge in [-0.05, 0) is 30.2 Å². The van der Waals surface area contributed by atoms with Crippen molar-refractivity contribution in [2.75, 3.05) is 5.88 Å². The topological polar surface area (TPSA) is 29.1 Å². The summed E-state index contributed by atoms with van der Waals surface area (Å²) in [4.78, 5) is 12.5. The van der Waals surface area contributed by atoms with Gasteiger partial charge in [-0.15, -0.1) is 11.6 Å². The minimum Gasteiger partial charge on any atom is -0.352 e. The molecule has 1 aromatic carbocycles. The highest BCUT2D eigenvalue weighted by atomic mass is 35.5. The van der Waals surface area contributed by atoms with Gasteiger partial charge in [-0.2, -0.15) is 0 Å². The quantitative estimate of drug-likeness (QED) is 0.823. The number of carbonyl (C=O) groups is 1. The number of rotatable bonds is 5. The smallest absolute Gasteiger partial charge is 0.223 e. The van der Waals surface area contributed by atoms with Crippen LogP contribution in [0.2, 0.25) is 0 Å². The molecule has 1 saturated carbocycles. The van der Waals surface area contributed by atoms with E-state index in [1.165, 1.54) is 5.56 Å². The Morgan fingerprint density at radius 3 is 2.65 bits per heavy atom. The average molecular weight is 294 g/mol. The van der Waals surface area contributed by atoms with Crippen LogP contribution >= 0.6 is 11.6 Å². The van der Waals surface area contributed by atoms with Crippen LogP contribution in [-0.4, -0.2) is 17.8 Å². The van der Waals surface area contributed by atoms with Crippen LogP contribution < -0.4 is 5.32 Å². The zero-order valence-corrected chi connectivity index (χ0v) is 13.1. The van der Waals surface area contributed by atoms with E-state index in [0.717, 1.165) is 25.7 Å². The number of amides is 1. The summed E-state index contributed by atoms with van der Waals surface area (Å²) < 4.78 is 0. The third-order valence-corrected chi connectivity index (χ3v) is 4.80. The maximum atomic E-state index is 12.5. The van der Waals surface area contributed by atoms with Crippen LogP contribution in [-0.2, 0) is 11.2 Å². The highest BCUT2D eigenvalue weighted by Gasteiger charge is 2.39. The lowest BCUT2D eigenvalue weighted by molar-refractivity contribution is -0.128. The Bertz CT molecular complexity index is 444. The fourth-order valence-corrected chi connectivity index (χ4v) is 3.34. The molecule has 0 spiro atoms. The lowest BCUT2D eigenvalue weighted by atomic mass is 9.81.